The van der Waals surface area contributed by atoms with Gasteiger partial charge in [0.2, 0.25) is 11.9 Å². The number of rotatable bonds is 7. The number of nitrogens with one attached hydrogen (secondary N) is 2. The van der Waals surface area contributed by atoms with Crippen LogP contribution >= 0.6 is 23.4 Å². The summed E-state index contributed by atoms with van der Waals surface area (Å²) in [5.41, 5.74) is 2.71. The first-order valence-electron chi connectivity index (χ1n) is 10.0. The SMILES string of the molecule is N#C/C(=C1\NC(c2ccccc2Cl)=CS1)c1ccnc(NCCCN2CCCC2=O)n1. The van der Waals surface area contributed by atoms with Gasteiger partial charge in [-0.1, -0.05) is 41.6 Å². The van der Waals surface area contributed by atoms with Crippen LogP contribution in [0.3, 0.4) is 0 Å². The Bertz CT molecular complexity index is 1090. The van der Waals surface area contributed by atoms with Gasteiger partial charge in [-0.25, -0.2) is 9.97 Å². The molecule has 0 spiro atoms. The second-order valence-electron chi connectivity index (χ2n) is 7.10. The molecule has 31 heavy (non-hydrogen) atoms. The number of carbonyl (C=O) groups is 1. The van der Waals surface area contributed by atoms with Crippen LogP contribution in [0, 0.1) is 11.3 Å². The number of amides is 1. The molecule has 4 rings (SSSR count). The van der Waals surface area contributed by atoms with Crippen molar-refractivity contribution in [1.82, 2.24) is 20.2 Å². The van der Waals surface area contributed by atoms with E-state index in [1.807, 2.05) is 34.6 Å². The van der Waals surface area contributed by atoms with Gasteiger partial charge in [0.1, 0.15) is 11.6 Å². The smallest absolute Gasteiger partial charge is 0.223 e. The fourth-order valence-electron chi connectivity index (χ4n) is 3.45. The molecule has 0 aliphatic carbocycles. The van der Waals surface area contributed by atoms with Crippen LogP contribution in [0.1, 0.15) is 30.5 Å². The minimum atomic E-state index is 0.231. The number of carbonyl (C=O) groups excluding carboxylic acids is 1. The van der Waals surface area contributed by atoms with E-state index >= 15 is 0 Å². The molecular formula is C22H21ClN6OS. The van der Waals surface area contributed by atoms with Crippen LogP contribution in [0.15, 0.2) is 47.0 Å². The Balaban J connectivity index is 1.41. The lowest BCUT2D eigenvalue weighted by Gasteiger charge is -2.15. The highest BCUT2D eigenvalue weighted by Crippen LogP contribution is 2.36. The van der Waals surface area contributed by atoms with E-state index < -0.39 is 0 Å². The van der Waals surface area contributed by atoms with Crippen LogP contribution in [0.25, 0.3) is 11.3 Å². The van der Waals surface area contributed by atoms with Gasteiger partial charge >= 0.3 is 0 Å². The summed E-state index contributed by atoms with van der Waals surface area (Å²) >= 11 is 7.72. The van der Waals surface area contributed by atoms with E-state index in [1.54, 1.807) is 12.3 Å². The molecule has 158 valence electrons. The molecule has 1 saturated heterocycles. The molecule has 2 N–H and O–H groups in total. The average Bonchev–Trinajstić information content (AvgIpc) is 3.42. The molecule has 0 unspecified atom stereocenters. The number of aromatic nitrogens is 2. The Morgan fingerprint density at radius 1 is 1.35 bits per heavy atom. The van der Waals surface area contributed by atoms with Gasteiger partial charge < -0.3 is 15.5 Å². The van der Waals surface area contributed by atoms with Crippen LogP contribution in [0.5, 0.6) is 0 Å². The fourth-order valence-corrected chi connectivity index (χ4v) is 4.55. The van der Waals surface area contributed by atoms with Gasteiger partial charge in [-0.2, -0.15) is 5.26 Å². The van der Waals surface area contributed by atoms with Gasteiger partial charge in [0.25, 0.3) is 0 Å². The Labute approximate surface area is 190 Å². The minimum absolute atomic E-state index is 0.231. The lowest BCUT2D eigenvalue weighted by molar-refractivity contribution is -0.127. The van der Waals surface area contributed by atoms with Crippen LogP contribution in [0.2, 0.25) is 5.02 Å². The van der Waals surface area contributed by atoms with Crippen molar-refractivity contribution in [3.63, 3.8) is 0 Å². The number of thioether (sulfide) groups is 1. The zero-order valence-electron chi connectivity index (χ0n) is 16.8. The van der Waals surface area contributed by atoms with Crippen molar-refractivity contribution in [3.05, 3.63) is 63.2 Å². The summed E-state index contributed by atoms with van der Waals surface area (Å²) < 4.78 is 0. The highest BCUT2D eigenvalue weighted by atomic mass is 35.5. The number of nitriles is 1. The average molecular weight is 453 g/mol. The monoisotopic (exact) mass is 452 g/mol. The summed E-state index contributed by atoms with van der Waals surface area (Å²) in [6.45, 7) is 2.23. The van der Waals surface area contributed by atoms with E-state index in [2.05, 4.69) is 26.7 Å². The third-order valence-electron chi connectivity index (χ3n) is 5.02. The molecule has 1 aromatic heterocycles. The van der Waals surface area contributed by atoms with Crippen molar-refractivity contribution in [2.45, 2.75) is 19.3 Å². The second kappa shape index (κ2) is 9.86. The van der Waals surface area contributed by atoms with Crippen LogP contribution in [-0.2, 0) is 4.79 Å². The first kappa shape index (κ1) is 21.2. The van der Waals surface area contributed by atoms with Crippen molar-refractivity contribution in [2.24, 2.45) is 0 Å². The number of halogens is 1. The second-order valence-corrected chi connectivity index (χ2v) is 8.39. The van der Waals surface area contributed by atoms with Crippen molar-refractivity contribution >= 4 is 46.5 Å². The van der Waals surface area contributed by atoms with Gasteiger partial charge in [-0.3, -0.25) is 4.79 Å². The molecule has 9 heteroatoms. The Morgan fingerprint density at radius 3 is 3.00 bits per heavy atom. The minimum Gasteiger partial charge on any atom is -0.354 e. The third kappa shape index (κ3) is 5.01. The summed E-state index contributed by atoms with van der Waals surface area (Å²) in [7, 11) is 0. The predicted molar refractivity (Wildman–Crippen MR) is 124 cm³/mol. The normalized spacial score (nSPS) is 17.2. The molecule has 3 heterocycles. The highest BCUT2D eigenvalue weighted by molar-refractivity contribution is 8.06. The maximum Gasteiger partial charge on any atom is 0.223 e. The van der Waals surface area contributed by atoms with E-state index in [9.17, 15) is 10.1 Å². The maximum atomic E-state index is 11.7. The molecular weight excluding hydrogens is 432 g/mol. The first-order valence-corrected chi connectivity index (χ1v) is 11.3. The van der Waals surface area contributed by atoms with Crippen LogP contribution in [0.4, 0.5) is 5.95 Å². The van der Waals surface area contributed by atoms with E-state index in [0.717, 1.165) is 37.2 Å². The lowest BCUT2D eigenvalue weighted by Crippen LogP contribution is -2.27. The standard InChI is InChI=1S/C22H21ClN6OS/c23-17-6-2-1-5-15(17)19-14-31-21(27-19)16(13-24)18-8-10-26-22(28-18)25-9-4-12-29-11-3-7-20(29)30/h1-2,5-6,8,10,14,27H,3-4,7,9,11-12H2,(H,25,26,28)/b21-16-. The van der Waals surface area contributed by atoms with Gasteiger partial charge in [0.05, 0.1) is 16.4 Å². The van der Waals surface area contributed by atoms with E-state index in [4.69, 9.17) is 11.6 Å². The summed E-state index contributed by atoms with van der Waals surface area (Å²) in [4.78, 5) is 22.3. The molecule has 1 aromatic carbocycles. The number of hydrogen-bond donors (Lipinski definition) is 2. The van der Waals surface area contributed by atoms with E-state index in [0.29, 0.717) is 40.2 Å². The molecule has 2 aliphatic heterocycles. The maximum absolute atomic E-state index is 11.7. The Hall–Kier alpha value is -3.02. The highest BCUT2D eigenvalue weighted by Gasteiger charge is 2.20. The molecule has 2 aromatic rings. The largest absolute Gasteiger partial charge is 0.354 e. The predicted octanol–water partition coefficient (Wildman–Crippen LogP) is 4.08. The zero-order chi connectivity index (χ0) is 21.6. The Morgan fingerprint density at radius 2 is 2.23 bits per heavy atom. The van der Waals surface area contributed by atoms with Crippen molar-refractivity contribution in [3.8, 4) is 6.07 Å². The summed E-state index contributed by atoms with van der Waals surface area (Å²) in [6, 6.07) is 11.5. The number of benzene rings is 1. The van der Waals surface area contributed by atoms with E-state index in [-0.39, 0.29) is 5.91 Å². The summed E-state index contributed by atoms with van der Waals surface area (Å²) in [5.74, 6) is 0.691. The molecule has 0 radical (unpaired) electrons. The molecule has 0 atom stereocenters. The van der Waals surface area contributed by atoms with Crippen LogP contribution < -0.4 is 10.6 Å². The van der Waals surface area contributed by atoms with Crippen molar-refractivity contribution in [1.29, 1.82) is 5.26 Å². The van der Waals surface area contributed by atoms with Crippen molar-refractivity contribution < 1.29 is 4.79 Å². The number of hydrogen-bond acceptors (Lipinski definition) is 7. The quantitative estimate of drug-likeness (QED) is 0.482. The number of likely N-dealkylation sites (tertiary alicyclic amines) is 1. The van der Waals surface area contributed by atoms with Gasteiger partial charge in [0, 0.05) is 48.2 Å². The molecule has 0 bridgehead atoms. The molecule has 2 aliphatic rings. The summed E-state index contributed by atoms with van der Waals surface area (Å²) in [6.07, 6.45) is 4.05. The number of nitrogens with zero attached hydrogens (tertiary/aromatic N) is 4. The molecule has 1 fully saturated rings. The fraction of sp³-hybridized carbons (Fsp3) is 0.273. The molecule has 7 nitrogen and oxygen atoms in total. The molecule has 0 saturated carbocycles. The van der Waals surface area contributed by atoms with Crippen molar-refractivity contribution in [2.75, 3.05) is 25.0 Å². The van der Waals surface area contributed by atoms with Gasteiger partial charge in [-0.05, 0) is 25.0 Å². The first-order chi connectivity index (χ1) is 15.2. The van der Waals surface area contributed by atoms with E-state index in [1.165, 1.54) is 11.8 Å². The lowest BCUT2D eigenvalue weighted by atomic mass is 10.1. The van der Waals surface area contributed by atoms with Crippen LogP contribution in [-0.4, -0.2) is 40.4 Å². The zero-order valence-corrected chi connectivity index (χ0v) is 18.3. The topological polar surface area (TPSA) is 93.9 Å². The Kier molecular flexibility index (Phi) is 6.75. The third-order valence-corrected chi connectivity index (χ3v) is 6.24. The summed E-state index contributed by atoms with van der Waals surface area (Å²) in [5, 5.41) is 19.5. The number of allylic oxidation sites excluding steroid dienone is 1. The molecule has 1 amide bonds. The van der Waals surface area contributed by atoms with Gasteiger partial charge in [0.15, 0.2) is 0 Å². The van der Waals surface area contributed by atoms with Gasteiger partial charge in [-0.15, -0.1) is 0 Å². The number of anilines is 1.